The summed E-state index contributed by atoms with van der Waals surface area (Å²) in [5.41, 5.74) is 6.99. The van der Waals surface area contributed by atoms with Gasteiger partial charge in [-0.3, -0.25) is 14.5 Å². The Hall–Kier alpha value is -2.00. The van der Waals surface area contributed by atoms with Crippen molar-refractivity contribution in [3.63, 3.8) is 0 Å². The lowest BCUT2D eigenvalue weighted by Gasteiger charge is -2.07. The zero-order valence-electron chi connectivity index (χ0n) is 11.5. The number of pyridine rings is 1. The van der Waals surface area contributed by atoms with Crippen LogP contribution in [0.4, 0.5) is 5.69 Å². The highest BCUT2D eigenvalue weighted by Gasteiger charge is 2.35. The molecule has 7 nitrogen and oxygen atoms in total. The molecule has 0 atom stereocenters. The van der Waals surface area contributed by atoms with Crippen molar-refractivity contribution in [3.8, 4) is 0 Å². The number of sulfonamides is 1. The minimum absolute atomic E-state index is 0.251. The molecular weight excluding hydrogens is 324 g/mol. The number of nitrogens with zero attached hydrogens (tertiary/aromatic N) is 2. The van der Waals surface area contributed by atoms with E-state index in [0.717, 1.165) is 0 Å². The van der Waals surface area contributed by atoms with Gasteiger partial charge in [-0.15, -0.1) is 11.3 Å². The van der Waals surface area contributed by atoms with Crippen LogP contribution in [0.1, 0.15) is 34.0 Å². The maximum Gasteiger partial charge on any atom is 0.277 e. The third-order valence-electron chi connectivity index (χ3n) is 3.16. The highest BCUT2D eigenvalue weighted by molar-refractivity contribution is 7.93. The Kier molecular flexibility index (Phi) is 3.83. The number of nitrogens with one attached hydrogen (secondary N) is 1. The topological polar surface area (TPSA) is 115 Å². The summed E-state index contributed by atoms with van der Waals surface area (Å²) in [5, 5.41) is 1.71. The van der Waals surface area contributed by atoms with Gasteiger partial charge in [0.2, 0.25) is 10.0 Å². The van der Waals surface area contributed by atoms with Gasteiger partial charge in [-0.2, -0.15) is 0 Å². The second-order valence-electron chi connectivity index (χ2n) is 5.07. The van der Waals surface area contributed by atoms with Gasteiger partial charge in [-0.05, 0) is 25.0 Å². The van der Waals surface area contributed by atoms with Crippen LogP contribution in [0.25, 0.3) is 0 Å². The van der Waals surface area contributed by atoms with E-state index < -0.39 is 15.9 Å². The number of rotatable bonds is 6. The Balaban J connectivity index is 1.74. The van der Waals surface area contributed by atoms with Crippen LogP contribution in [0.15, 0.2) is 23.7 Å². The molecule has 1 aliphatic rings. The number of hydrogen-bond donors (Lipinski definition) is 2. The molecule has 0 radical (unpaired) electrons. The SMILES string of the molecule is NC(=O)c1nc(Cc2cc(NS(=O)(=O)C3CC3)ccn2)cs1. The fraction of sp³-hybridized carbons (Fsp3) is 0.308. The molecule has 0 aliphatic heterocycles. The van der Waals surface area contributed by atoms with Gasteiger partial charge in [-0.25, -0.2) is 13.4 Å². The number of nitrogens with two attached hydrogens (primary N) is 1. The van der Waals surface area contributed by atoms with Crippen LogP contribution in [0.2, 0.25) is 0 Å². The van der Waals surface area contributed by atoms with Gasteiger partial charge in [0.15, 0.2) is 5.01 Å². The largest absolute Gasteiger partial charge is 0.364 e. The van der Waals surface area contributed by atoms with E-state index in [9.17, 15) is 13.2 Å². The maximum absolute atomic E-state index is 11.9. The first-order valence-corrected chi connectivity index (χ1v) is 9.07. The van der Waals surface area contributed by atoms with Crippen molar-refractivity contribution in [1.29, 1.82) is 0 Å². The molecule has 1 fully saturated rings. The van der Waals surface area contributed by atoms with Crippen molar-refractivity contribution in [3.05, 3.63) is 40.1 Å². The van der Waals surface area contributed by atoms with Crippen LogP contribution in [0.3, 0.4) is 0 Å². The molecule has 0 saturated heterocycles. The molecule has 2 aromatic heterocycles. The van der Waals surface area contributed by atoms with E-state index in [1.165, 1.54) is 11.3 Å². The first-order valence-electron chi connectivity index (χ1n) is 6.65. The van der Waals surface area contributed by atoms with Crippen molar-refractivity contribution in [1.82, 2.24) is 9.97 Å². The fourth-order valence-corrected chi connectivity index (χ4v) is 4.00. The third kappa shape index (κ3) is 3.42. The molecule has 0 aromatic carbocycles. The molecular formula is C13H14N4O3S2. The number of primary amides is 1. The summed E-state index contributed by atoms with van der Waals surface area (Å²) in [7, 11) is -3.29. The van der Waals surface area contributed by atoms with Crippen molar-refractivity contribution in [2.45, 2.75) is 24.5 Å². The number of thiazole rings is 1. The molecule has 22 heavy (non-hydrogen) atoms. The van der Waals surface area contributed by atoms with Crippen LogP contribution in [0, 0.1) is 0 Å². The summed E-state index contributed by atoms with van der Waals surface area (Å²) in [5.74, 6) is -0.560. The van der Waals surface area contributed by atoms with E-state index in [4.69, 9.17) is 5.73 Å². The van der Waals surface area contributed by atoms with Gasteiger partial charge < -0.3 is 5.73 Å². The minimum Gasteiger partial charge on any atom is -0.364 e. The molecule has 3 rings (SSSR count). The van der Waals surface area contributed by atoms with Crippen LogP contribution in [-0.4, -0.2) is 29.5 Å². The summed E-state index contributed by atoms with van der Waals surface area (Å²) >= 11 is 1.18. The smallest absolute Gasteiger partial charge is 0.277 e. The standard InChI is InChI=1S/C13H14N4O3S2/c14-12(18)13-16-10(7-21-13)6-9-5-8(3-4-15-9)17-22(19,20)11-1-2-11/h3-5,7,11H,1-2,6H2,(H2,14,18)(H,15,17). The number of amides is 1. The average Bonchev–Trinajstić information content (AvgIpc) is 3.20. The van der Waals surface area contributed by atoms with E-state index in [2.05, 4.69) is 14.7 Å². The Morgan fingerprint density at radius 1 is 1.41 bits per heavy atom. The molecule has 116 valence electrons. The van der Waals surface area contributed by atoms with E-state index in [-0.39, 0.29) is 10.3 Å². The van der Waals surface area contributed by atoms with Gasteiger partial charge in [-0.1, -0.05) is 0 Å². The van der Waals surface area contributed by atoms with E-state index in [1.54, 1.807) is 23.7 Å². The number of hydrogen-bond acceptors (Lipinski definition) is 6. The molecule has 0 unspecified atom stereocenters. The zero-order valence-corrected chi connectivity index (χ0v) is 13.2. The van der Waals surface area contributed by atoms with Crippen LogP contribution in [0.5, 0.6) is 0 Å². The summed E-state index contributed by atoms with van der Waals surface area (Å²) in [6.07, 6.45) is 3.37. The molecule has 9 heteroatoms. The van der Waals surface area contributed by atoms with Gasteiger partial charge in [0.1, 0.15) is 0 Å². The van der Waals surface area contributed by atoms with Crippen molar-refractivity contribution < 1.29 is 13.2 Å². The second kappa shape index (κ2) is 5.65. The molecule has 2 aromatic rings. The summed E-state index contributed by atoms with van der Waals surface area (Å²) < 4.78 is 26.4. The number of carbonyl (C=O) groups excluding carboxylic acids is 1. The van der Waals surface area contributed by atoms with Crippen molar-refractivity contribution >= 4 is 33.0 Å². The number of anilines is 1. The molecule has 0 bridgehead atoms. The minimum atomic E-state index is -3.29. The Labute approximate surface area is 131 Å². The van der Waals surface area contributed by atoms with Crippen LogP contribution in [-0.2, 0) is 16.4 Å². The van der Waals surface area contributed by atoms with Crippen LogP contribution < -0.4 is 10.5 Å². The molecule has 1 saturated carbocycles. The molecule has 1 aliphatic carbocycles. The van der Waals surface area contributed by atoms with Gasteiger partial charge in [0.05, 0.1) is 16.6 Å². The first-order chi connectivity index (χ1) is 10.4. The maximum atomic E-state index is 11.9. The Bertz CT molecular complexity index is 812. The predicted octanol–water partition coefficient (Wildman–Crippen LogP) is 1.13. The van der Waals surface area contributed by atoms with Crippen LogP contribution >= 0.6 is 11.3 Å². The fourth-order valence-electron chi connectivity index (χ4n) is 1.95. The lowest BCUT2D eigenvalue weighted by atomic mass is 10.2. The predicted molar refractivity (Wildman–Crippen MR) is 83.2 cm³/mol. The number of aromatic nitrogens is 2. The van der Waals surface area contributed by atoms with E-state index in [0.29, 0.717) is 36.3 Å². The Morgan fingerprint density at radius 3 is 2.82 bits per heavy atom. The Morgan fingerprint density at radius 2 is 2.18 bits per heavy atom. The summed E-state index contributed by atoms with van der Waals surface area (Å²) in [4.78, 5) is 19.3. The lowest BCUT2D eigenvalue weighted by Crippen LogP contribution is -2.17. The summed E-state index contributed by atoms with van der Waals surface area (Å²) in [6.45, 7) is 0. The second-order valence-corrected chi connectivity index (χ2v) is 7.89. The van der Waals surface area contributed by atoms with Gasteiger partial charge in [0, 0.05) is 23.7 Å². The van der Waals surface area contributed by atoms with E-state index in [1.807, 2.05) is 0 Å². The monoisotopic (exact) mass is 338 g/mol. The average molecular weight is 338 g/mol. The van der Waals surface area contributed by atoms with Crippen molar-refractivity contribution in [2.75, 3.05) is 4.72 Å². The van der Waals surface area contributed by atoms with Crippen molar-refractivity contribution in [2.24, 2.45) is 5.73 Å². The lowest BCUT2D eigenvalue weighted by molar-refractivity contribution is 0.0999. The number of carbonyl (C=O) groups is 1. The molecule has 0 spiro atoms. The third-order valence-corrected chi connectivity index (χ3v) is 5.94. The normalized spacial score (nSPS) is 14.7. The zero-order chi connectivity index (χ0) is 15.7. The quantitative estimate of drug-likeness (QED) is 0.819. The molecule has 2 heterocycles. The van der Waals surface area contributed by atoms with Gasteiger partial charge in [0.25, 0.3) is 5.91 Å². The highest BCUT2D eigenvalue weighted by Crippen LogP contribution is 2.29. The first kappa shape index (κ1) is 14.9. The van der Waals surface area contributed by atoms with Gasteiger partial charge >= 0.3 is 0 Å². The van der Waals surface area contributed by atoms with E-state index >= 15 is 0 Å². The molecule has 1 amide bonds. The molecule has 3 N–H and O–H groups in total. The summed E-state index contributed by atoms with van der Waals surface area (Å²) in [6, 6.07) is 3.28. The highest BCUT2D eigenvalue weighted by atomic mass is 32.2.